The predicted octanol–water partition coefficient (Wildman–Crippen LogP) is 4.74. The molecule has 2 heterocycles. The minimum Gasteiger partial charge on any atom is -0.352 e. The highest BCUT2D eigenvalue weighted by atomic mass is 35.5. The van der Waals surface area contributed by atoms with Gasteiger partial charge in [0.05, 0.1) is 16.1 Å². The molecule has 1 aromatic carbocycles. The zero-order chi connectivity index (χ0) is 21.4. The van der Waals surface area contributed by atoms with Crippen LogP contribution in [0, 0.1) is 0 Å². The molecule has 11 heteroatoms. The van der Waals surface area contributed by atoms with Crippen molar-refractivity contribution in [3.8, 4) is 0 Å². The molecule has 29 heavy (non-hydrogen) atoms. The summed E-state index contributed by atoms with van der Waals surface area (Å²) in [6, 6.07) is 4.93. The number of nitrogens with zero attached hydrogens (tertiary/aromatic N) is 3. The average molecular weight is 438 g/mol. The molecule has 1 aliphatic rings. The minimum atomic E-state index is -4.56. The molecule has 0 aliphatic carbocycles. The third kappa shape index (κ3) is 4.75. The van der Waals surface area contributed by atoms with Gasteiger partial charge in [0.15, 0.2) is 0 Å². The highest BCUT2D eigenvalue weighted by molar-refractivity contribution is 6.33. The Morgan fingerprint density at radius 2 is 1.55 bits per heavy atom. The SMILES string of the molecule is O=C(c1cccc(C(F)(F)F)c1)N1CCN(c2ncc(C(F)(F)F)cc2Cl)CC1. The fraction of sp³-hybridized carbons (Fsp3) is 0.333. The number of rotatable bonds is 2. The molecular weight excluding hydrogens is 424 g/mol. The van der Waals surface area contributed by atoms with Gasteiger partial charge in [-0.15, -0.1) is 0 Å². The van der Waals surface area contributed by atoms with E-state index in [0.717, 1.165) is 24.3 Å². The summed E-state index contributed by atoms with van der Waals surface area (Å²) < 4.78 is 76.6. The number of piperazine rings is 1. The molecule has 0 radical (unpaired) electrons. The number of pyridine rings is 1. The molecule has 1 aliphatic heterocycles. The standard InChI is InChI=1S/C18H14ClF6N3O/c19-14-9-13(18(23,24)25)10-26-15(14)27-4-6-28(7-5-27)16(29)11-2-1-3-12(8-11)17(20,21)22/h1-3,8-10H,4-7H2. The van der Waals surface area contributed by atoms with Crippen LogP contribution in [-0.2, 0) is 12.4 Å². The van der Waals surface area contributed by atoms with Crippen molar-refractivity contribution in [3.63, 3.8) is 0 Å². The number of halogens is 7. The van der Waals surface area contributed by atoms with Gasteiger partial charge >= 0.3 is 12.4 Å². The predicted molar refractivity (Wildman–Crippen MR) is 93.8 cm³/mol. The van der Waals surface area contributed by atoms with Crippen LogP contribution in [0.2, 0.25) is 5.02 Å². The van der Waals surface area contributed by atoms with Crippen LogP contribution in [0.3, 0.4) is 0 Å². The summed E-state index contributed by atoms with van der Waals surface area (Å²) in [6.07, 6.45) is -8.44. The van der Waals surface area contributed by atoms with E-state index in [4.69, 9.17) is 11.6 Å². The van der Waals surface area contributed by atoms with E-state index < -0.39 is 29.4 Å². The summed E-state index contributed by atoms with van der Waals surface area (Å²) in [7, 11) is 0. The first-order valence-corrected chi connectivity index (χ1v) is 8.79. The van der Waals surface area contributed by atoms with Crippen LogP contribution in [0.25, 0.3) is 0 Å². The van der Waals surface area contributed by atoms with E-state index in [-0.39, 0.29) is 42.6 Å². The van der Waals surface area contributed by atoms with Crippen LogP contribution in [-0.4, -0.2) is 42.0 Å². The second-order valence-corrected chi connectivity index (χ2v) is 6.79. The molecule has 1 saturated heterocycles. The van der Waals surface area contributed by atoms with Gasteiger partial charge in [-0.05, 0) is 24.3 Å². The van der Waals surface area contributed by atoms with Gasteiger partial charge in [-0.2, -0.15) is 26.3 Å². The normalized spacial score (nSPS) is 15.6. The van der Waals surface area contributed by atoms with Crippen molar-refractivity contribution in [2.75, 3.05) is 31.1 Å². The van der Waals surface area contributed by atoms with Crippen LogP contribution < -0.4 is 4.90 Å². The molecule has 3 rings (SSSR count). The number of carbonyl (C=O) groups is 1. The van der Waals surface area contributed by atoms with Gasteiger partial charge in [0.2, 0.25) is 0 Å². The zero-order valence-corrected chi connectivity index (χ0v) is 15.4. The molecule has 1 fully saturated rings. The number of alkyl halides is 6. The maximum atomic E-state index is 12.8. The third-order valence-corrected chi connectivity index (χ3v) is 4.73. The van der Waals surface area contributed by atoms with Gasteiger partial charge in [-0.25, -0.2) is 4.98 Å². The van der Waals surface area contributed by atoms with Crippen molar-refractivity contribution in [1.82, 2.24) is 9.88 Å². The second kappa shape index (κ2) is 7.74. The van der Waals surface area contributed by atoms with Crippen LogP contribution in [0.4, 0.5) is 32.2 Å². The monoisotopic (exact) mass is 437 g/mol. The van der Waals surface area contributed by atoms with Crippen molar-refractivity contribution in [2.24, 2.45) is 0 Å². The first-order valence-electron chi connectivity index (χ1n) is 8.41. The van der Waals surface area contributed by atoms with Gasteiger partial charge in [0.1, 0.15) is 5.82 Å². The number of hydrogen-bond acceptors (Lipinski definition) is 3. The van der Waals surface area contributed by atoms with Crippen molar-refractivity contribution < 1.29 is 31.1 Å². The Morgan fingerprint density at radius 3 is 2.10 bits per heavy atom. The number of aromatic nitrogens is 1. The van der Waals surface area contributed by atoms with Crippen molar-refractivity contribution in [1.29, 1.82) is 0 Å². The minimum absolute atomic E-state index is 0.0843. The molecule has 1 aromatic heterocycles. The number of hydrogen-bond donors (Lipinski definition) is 0. The lowest BCUT2D eigenvalue weighted by Gasteiger charge is -2.36. The number of benzene rings is 1. The molecule has 0 spiro atoms. The van der Waals surface area contributed by atoms with E-state index in [1.807, 2.05) is 0 Å². The Labute approximate surface area is 166 Å². The summed E-state index contributed by atoms with van der Waals surface area (Å²) in [5, 5.41) is -0.169. The lowest BCUT2D eigenvalue weighted by molar-refractivity contribution is -0.138. The van der Waals surface area contributed by atoms with Gasteiger partial charge in [0, 0.05) is 37.9 Å². The molecule has 0 bridgehead atoms. The smallest absolute Gasteiger partial charge is 0.352 e. The Kier molecular flexibility index (Phi) is 5.66. The summed E-state index contributed by atoms with van der Waals surface area (Å²) in [5.41, 5.74) is -1.97. The van der Waals surface area contributed by atoms with Crippen LogP contribution in [0.5, 0.6) is 0 Å². The molecule has 0 saturated carbocycles. The average Bonchev–Trinajstić information content (AvgIpc) is 2.66. The van der Waals surface area contributed by atoms with Crippen LogP contribution in [0.1, 0.15) is 21.5 Å². The van der Waals surface area contributed by atoms with E-state index in [0.29, 0.717) is 6.20 Å². The lowest BCUT2D eigenvalue weighted by atomic mass is 10.1. The second-order valence-electron chi connectivity index (χ2n) is 6.38. The highest BCUT2D eigenvalue weighted by Gasteiger charge is 2.33. The van der Waals surface area contributed by atoms with E-state index >= 15 is 0 Å². The molecule has 2 aromatic rings. The fourth-order valence-electron chi connectivity index (χ4n) is 2.95. The quantitative estimate of drug-likeness (QED) is 0.637. The van der Waals surface area contributed by atoms with E-state index in [1.165, 1.54) is 11.0 Å². The maximum absolute atomic E-state index is 12.8. The van der Waals surface area contributed by atoms with Crippen LogP contribution >= 0.6 is 11.6 Å². The van der Waals surface area contributed by atoms with Crippen LogP contribution in [0.15, 0.2) is 36.5 Å². The number of amides is 1. The highest BCUT2D eigenvalue weighted by Crippen LogP contribution is 2.34. The molecule has 0 unspecified atom stereocenters. The van der Waals surface area contributed by atoms with E-state index in [1.54, 1.807) is 4.90 Å². The molecule has 0 N–H and O–H groups in total. The molecule has 156 valence electrons. The fourth-order valence-corrected chi connectivity index (χ4v) is 3.24. The molecule has 4 nitrogen and oxygen atoms in total. The zero-order valence-electron chi connectivity index (χ0n) is 14.7. The van der Waals surface area contributed by atoms with E-state index in [2.05, 4.69) is 4.98 Å². The van der Waals surface area contributed by atoms with Crippen molar-refractivity contribution >= 4 is 23.3 Å². The molecular formula is C18H14ClF6N3O. The van der Waals surface area contributed by atoms with Gasteiger partial charge < -0.3 is 9.80 Å². The molecule has 0 atom stereocenters. The lowest BCUT2D eigenvalue weighted by Crippen LogP contribution is -2.49. The van der Waals surface area contributed by atoms with Crippen molar-refractivity contribution in [2.45, 2.75) is 12.4 Å². The molecule has 1 amide bonds. The largest absolute Gasteiger partial charge is 0.417 e. The van der Waals surface area contributed by atoms with Crippen molar-refractivity contribution in [3.05, 3.63) is 58.2 Å². The Bertz CT molecular complexity index is 907. The summed E-state index contributed by atoms with van der Waals surface area (Å²) in [6.45, 7) is 0.772. The van der Waals surface area contributed by atoms with Gasteiger partial charge in [-0.1, -0.05) is 17.7 Å². The van der Waals surface area contributed by atoms with Gasteiger partial charge in [-0.3, -0.25) is 4.79 Å². The Hall–Kier alpha value is -2.49. The maximum Gasteiger partial charge on any atom is 0.417 e. The number of carbonyl (C=O) groups excluding carboxylic acids is 1. The Morgan fingerprint density at radius 1 is 0.931 bits per heavy atom. The topological polar surface area (TPSA) is 36.4 Å². The van der Waals surface area contributed by atoms with Gasteiger partial charge in [0.25, 0.3) is 5.91 Å². The first-order chi connectivity index (χ1) is 13.5. The third-order valence-electron chi connectivity index (χ3n) is 4.45. The Balaban J connectivity index is 1.69. The number of anilines is 1. The summed E-state index contributed by atoms with van der Waals surface area (Å²) in [4.78, 5) is 19.3. The summed E-state index contributed by atoms with van der Waals surface area (Å²) in [5.74, 6) is -0.395. The van der Waals surface area contributed by atoms with E-state index in [9.17, 15) is 31.1 Å². The first kappa shape index (κ1) is 21.2. The summed E-state index contributed by atoms with van der Waals surface area (Å²) >= 11 is 5.93.